The Bertz CT molecular complexity index is 849. The molecule has 0 saturated carbocycles. The number of aromatic nitrogens is 3. The van der Waals surface area contributed by atoms with Crippen LogP contribution in [0.5, 0.6) is 0 Å². The van der Waals surface area contributed by atoms with E-state index >= 15 is 0 Å². The topological polar surface area (TPSA) is 85.3 Å². The maximum atomic E-state index is 12.5. The van der Waals surface area contributed by atoms with Crippen LogP contribution < -0.4 is 11.1 Å². The summed E-state index contributed by atoms with van der Waals surface area (Å²) in [5, 5.41) is 3.68. The Hall–Kier alpha value is -2.25. The van der Waals surface area contributed by atoms with Crippen molar-refractivity contribution < 1.29 is 4.79 Å². The number of nitrogens with one attached hydrogen (secondary N) is 1. The molecule has 0 fully saturated rings. The van der Waals surface area contributed by atoms with Crippen molar-refractivity contribution in [3.8, 4) is 0 Å². The quantitative estimate of drug-likeness (QED) is 0.778. The van der Waals surface area contributed by atoms with E-state index in [-0.39, 0.29) is 11.9 Å². The van der Waals surface area contributed by atoms with Crippen molar-refractivity contribution in [2.75, 3.05) is 5.32 Å². The smallest absolute Gasteiger partial charge is 0.267 e. The van der Waals surface area contributed by atoms with Crippen molar-refractivity contribution in [1.29, 1.82) is 0 Å². The highest BCUT2D eigenvalue weighted by molar-refractivity contribution is 7.14. The third kappa shape index (κ3) is 2.60. The molecule has 114 valence electrons. The number of imidazole rings is 1. The van der Waals surface area contributed by atoms with Gasteiger partial charge in [0.25, 0.3) is 5.91 Å². The largest absolute Gasteiger partial charge is 0.322 e. The minimum atomic E-state index is -0.171. The summed E-state index contributed by atoms with van der Waals surface area (Å²) in [6.07, 6.45) is 5.43. The molecule has 22 heavy (non-hydrogen) atoms. The van der Waals surface area contributed by atoms with E-state index in [0.29, 0.717) is 10.6 Å². The van der Waals surface area contributed by atoms with E-state index in [1.807, 2.05) is 43.6 Å². The number of anilines is 1. The van der Waals surface area contributed by atoms with Crippen LogP contribution in [0.2, 0.25) is 0 Å². The summed E-state index contributed by atoms with van der Waals surface area (Å²) in [6.45, 7) is 5.64. The minimum Gasteiger partial charge on any atom is -0.322 e. The second kappa shape index (κ2) is 5.51. The summed E-state index contributed by atoms with van der Waals surface area (Å²) in [5.74, 6) is -0.166. The fourth-order valence-corrected chi connectivity index (χ4v) is 3.20. The van der Waals surface area contributed by atoms with E-state index in [2.05, 4.69) is 15.3 Å². The maximum absolute atomic E-state index is 12.5. The van der Waals surface area contributed by atoms with Gasteiger partial charge in [-0.3, -0.25) is 4.79 Å². The SMILES string of the molecule is Cc1nc(C(C)N)sc1C(=O)Nc1cc(C)c2nccn2c1. The lowest BCUT2D eigenvalue weighted by Gasteiger charge is -2.07. The molecule has 0 aliphatic heterocycles. The van der Waals surface area contributed by atoms with Crippen LogP contribution in [-0.2, 0) is 0 Å². The molecule has 0 aromatic carbocycles. The van der Waals surface area contributed by atoms with Crippen molar-refractivity contribution in [2.24, 2.45) is 5.73 Å². The van der Waals surface area contributed by atoms with E-state index in [0.717, 1.165) is 21.9 Å². The van der Waals surface area contributed by atoms with E-state index in [1.165, 1.54) is 11.3 Å². The standard InChI is InChI=1S/C15H17N5OS/c1-8-6-11(7-20-5-4-17-13(8)20)19-14(21)12-10(3)18-15(22-12)9(2)16/h4-7,9H,16H2,1-3H3,(H,19,21). The Morgan fingerprint density at radius 1 is 1.45 bits per heavy atom. The number of hydrogen-bond donors (Lipinski definition) is 2. The third-order valence-electron chi connectivity index (χ3n) is 3.34. The molecule has 3 heterocycles. The molecule has 3 rings (SSSR count). The summed E-state index contributed by atoms with van der Waals surface area (Å²) in [6, 6.07) is 1.73. The molecule has 3 aromatic heterocycles. The maximum Gasteiger partial charge on any atom is 0.267 e. The van der Waals surface area contributed by atoms with Gasteiger partial charge in [-0.25, -0.2) is 9.97 Å². The number of thiazole rings is 1. The summed E-state index contributed by atoms with van der Waals surface area (Å²) < 4.78 is 1.89. The Morgan fingerprint density at radius 2 is 2.23 bits per heavy atom. The Labute approximate surface area is 132 Å². The van der Waals surface area contributed by atoms with Crippen molar-refractivity contribution in [1.82, 2.24) is 14.4 Å². The molecule has 0 radical (unpaired) electrons. The van der Waals surface area contributed by atoms with Crippen LogP contribution in [0.3, 0.4) is 0 Å². The molecular formula is C15H17N5OS. The van der Waals surface area contributed by atoms with Crippen LogP contribution in [0.1, 0.15) is 38.9 Å². The van der Waals surface area contributed by atoms with Gasteiger partial charge < -0.3 is 15.5 Å². The lowest BCUT2D eigenvalue weighted by molar-refractivity contribution is 0.103. The number of amides is 1. The normalized spacial score (nSPS) is 12.5. The van der Waals surface area contributed by atoms with Crippen molar-refractivity contribution in [3.05, 3.63) is 45.8 Å². The van der Waals surface area contributed by atoms with Gasteiger partial charge in [-0.05, 0) is 32.4 Å². The fourth-order valence-electron chi connectivity index (χ4n) is 2.29. The minimum absolute atomic E-state index is 0.166. The number of carbonyl (C=O) groups excluding carboxylic acids is 1. The molecule has 0 saturated heterocycles. The zero-order chi connectivity index (χ0) is 15.9. The molecule has 3 aromatic rings. The Kier molecular flexibility index (Phi) is 3.67. The highest BCUT2D eigenvalue weighted by atomic mass is 32.1. The number of nitrogens with zero attached hydrogens (tertiary/aromatic N) is 3. The van der Waals surface area contributed by atoms with Gasteiger partial charge in [0.05, 0.1) is 17.4 Å². The molecule has 3 N–H and O–H groups in total. The number of rotatable bonds is 3. The van der Waals surface area contributed by atoms with E-state index < -0.39 is 0 Å². The first-order valence-electron chi connectivity index (χ1n) is 6.93. The number of carbonyl (C=O) groups is 1. The van der Waals surface area contributed by atoms with Crippen LogP contribution in [0.25, 0.3) is 5.65 Å². The van der Waals surface area contributed by atoms with E-state index in [9.17, 15) is 4.79 Å². The highest BCUT2D eigenvalue weighted by Gasteiger charge is 2.17. The zero-order valence-electron chi connectivity index (χ0n) is 12.6. The molecule has 0 spiro atoms. The monoisotopic (exact) mass is 315 g/mol. The summed E-state index contributed by atoms with van der Waals surface area (Å²) in [5.41, 5.74) is 9.13. The molecule has 7 heteroatoms. The number of fused-ring (bicyclic) bond motifs is 1. The molecular weight excluding hydrogens is 298 g/mol. The predicted octanol–water partition coefficient (Wildman–Crippen LogP) is 2.68. The van der Waals surface area contributed by atoms with Crippen LogP contribution in [0.15, 0.2) is 24.7 Å². The van der Waals surface area contributed by atoms with Gasteiger partial charge >= 0.3 is 0 Å². The van der Waals surface area contributed by atoms with Gasteiger partial charge in [0.15, 0.2) is 0 Å². The van der Waals surface area contributed by atoms with Crippen LogP contribution in [0.4, 0.5) is 5.69 Å². The summed E-state index contributed by atoms with van der Waals surface area (Å²) in [7, 11) is 0. The van der Waals surface area contributed by atoms with Gasteiger partial charge in [-0.1, -0.05) is 0 Å². The average molecular weight is 315 g/mol. The number of hydrogen-bond acceptors (Lipinski definition) is 5. The van der Waals surface area contributed by atoms with E-state index in [1.54, 1.807) is 6.20 Å². The molecule has 1 atom stereocenters. The van der Waals surface area contributed by atoms with Crippen LogP contribution in [0, 0.1) is 13.8 Å². The van der Waals surface area contributed by atoms with Crippen molar-refractivity contribution in [3.63, 3.8) is 0 Å². The second-order valence-electron chi connectivity index (χ2n) is 5.28. The average Bonchev–Trinajstić information content (AvgIpc) is 3.05. The van der Waals surface area contributed by atoms with Gasteiger partial charge in [-0.2, -0.15) is 0 Å². The first-order chi connectivity index (χ1) is 10.5. The van der Waals surface area contributed by atoms with Gasteiger partial charge in [-0.15, -0.1) is 11.3 Å². The van der Waals surface area contributed by atoms with Gasteiger partial charge in [0, 0.05) is 18.6 Å². The number of pyridine rings is 1. The Balaban J connectivity index is 1.89. The van der Waals surface area contributed by atoms with Crippen molar-refractivity contribution >= 4 is 28.6 Å². The fraction of sp³-hybridized carbons (Fsp3) is 0.267. The zero-order valence-corrected chi connectivity index (χ0v) is 13.4. The highest BCUT2D eigenvalue weighted by Crippen LogP contribution is 2.24. The van der Waals surface area contributed by atoms with E-state index in [4.69, 9.17) is 5.73 Å². The van der Waals surface area contributed by atoms with Gasteiger partial charge in [0.2, 0.25) is 0 Å². The number of nitrogens with two attached hydrogens (primary N) is 1. The molecule has 1 unspecified atom stereocenters. The second-order valence-corrected chi connectivity index (χ2v) is 6.31. The first-order valence-corrected chi connectivity index (χ1v) is 7.75. The molecule has 6 nitrogen and oxygen atoms in total. The van der Waals surface area contributed by atoms with Crippen LogP contribution in [-0.4, -0.2) is 20.3 Å². The lowest BCUT2D eigenvalue weighted by Crippen LogP contribution is -2.12. The summed E-state index contributed by atoms with van der Waals surface area (Å²) in [4.78, 5) is 21.7. The summed E-state index contributed by atoms with van der Waals surface area (Å²) >= 11 is 1.34. The van der Waals surface area contributed by atoms with Crippen LogP contribution >= 0.6 is 11.3 Å². The molecule has 0 aliphatic carbocycles. The number of aryl methyl sites for hydroxylation is 2. The van der Waals surface area contributed by atoms with Crippen molar-refractivity contribution in [2.45, 2.75) is 26.8 Å². The molecule has 0 bridgehead atoms. The Morgan fingerprint density at radius 3 is 2.91 bits per heavy atom. The van der Waals surface area contributed by atoms with Gasteiger partial charge in [0.1, 0.15) is 15.5 Å². The third-order valence-corrected chi connectivity index (χ3v) is 4.70. The molecule has 0 aliphatic rings. The molecule has 1 amide bonds. The first kappa shape index (κ1) is 14.7. The predicted molar refractivity (Wildman–Crippen MR) is 87.3 cm³/mol. The lowest BCUT2D eigenvalue weighted by atomic mass is 10.2.